The zero-order chi connectivity index (χ0) is 26.6. The second kappa shape index (κ2) is 10.5. The smallest absolute Gasteiger partial charge is 0.273 e. The van der Waals surface area contributed by atoms with Crippen LogP contribution in [0.4, 0.5) is 27.4 Å². The molecule has 0 atom stereocenters. The maximum atomic E-state index is 13.3. The van der Waals surface area contributed by atoms with Crippen LogP contribution in [0, 0.1) is 5.82 Å². The van der Waals surface area contributed by atoms with Crippen molar-refractivity contribution >= 4 is 28.9 Å². The van der Waals surface area contributed by atoms with Crippen LogP contribution in [0.3, 0.4) is 0 Å². The van der Waals surface area contributed by atoms with Gasteiger partial charge in [-0.15, -0.1) is 10.2 Å². The molecule has 3 aromatic heterocycles. The summed E-state index contributed by atoms with van der Waals surface area (Å²) in [5.74, 6) is 0.357. The van der Waals surface area contributed by atoms with E-state index in [1.165, 1.54) is 14.2 Å². The summed E-state index contributed by atoms with van der Waals surface area (Å²) in [6.45, 7) is 3.34. The number of nitrogens with one attached hydrogen (secondary N) is 3. The van der Waals surface area contributed by atoms with Gasteiger partial charge in [-0.05, 0) is 43.7 Å². The first-order valence-corrected chi connectivity index (χ1v) is 11.2. The first-order chi connectivity index (χ1) is 17.7. The molecule has 4 rings (SSSR count). The number of hydrogen-bond acceptors (Lipinski definition) is 10. The highest BCUT2D eigenvalue weighted by atomic mass is 19.1. The van der Waals surface area contributed by atoms with Crippen molar-refractivity contribution in [3.05, 3.63) is 72.1 Å². The van der Waals surface area contributed by atoms with Crippen molar-refractivity contribution < 1.29 is 19.0 Å². The summed E-state index contributed by atoms with van der Waals surface area (Å²) < 4.78 is 18.9. The minimum absolute atomic E-state index is 0.0386. The lowest BCUT2D eigenvalue weighted by Gasteiger charge is -2.18. The van der Waals surface area contributed by atoms with Gasteiger partial charge in [-0.2, -0.15) is 0 Å². The zero-order valence-corrected chi connectivity index (χ0v) is 20.6. The van der Waals surface area contributed by atoms with Gasteiger partial charge in [-0.1, -0.05) is 6.07 Å². The van der Waals surface area contributed by atoms with Gasteiger partial charge in [-0.3, -0.25) is 4.79 Å². The molecule has 0 spiro atoms. The number of methoxy groups -OCH3 is 1. The monoisotopic (exact) mass is 504 g/mol. The van der Waals surface area contributed by atoms with Crippen LogP contribution in [-0.2, 0) is 5.60 Å². The molecule has 190 valence electrons. The number of halogens is 1. The van der Waals surface area contributed by atoms with Gasteiger partial charge < -0.3 is 25.8 Å². The predicted octanol–water partition coefficient (Wildman–Crippen LogP) is 3.55. The van der Waals surface area contributed by atoms with Crippen LogP contribution in [0.2, 0.25) is 0 Å². The number of anilines is 4. The molecule has 3 heterocycles. The molecule has 0 bridgehead atoms. The van der Waals surface area contributed by atoms with E-state index in [0.29, 0.717) is 39.9 Å². The molecule has 4 aromatic rings. The van der Waals surface area contributed by atoms with E-state index in [-0.39, 0.29) is 11.5 Å². The summed E-state index contributed by atoms with van der Waals surface area (Å²) in [5, 5.41) is 27.3. The highest BCUT2D eigenvalue weighted by Crippen LogP contribution is 2.37. The Labute approximate surface area is 212 Å². The number of aliphatic hydroxyl groups is 1. The average molecular weight is 505 g/mol. The van der Waals surface area contributed by atoms with Crippen LogP contribution < -0.4 is 20.7 Å². The maximum Gasteiger partial charge on any atom is 0.273 e. The molecule has 0 aliphatic rings. The Morgan fingerprint density at radius 2 is 1.76 bits per heavy atom. The number of carbonyl (C=O) groups is 1. The number of rotatable bonds is 8. The second-order valence-corrected chi connectivity index (χ2v) is 8.42. The third-order valence-corrected chi connectivity index (χ3v) is 5.31. The summed E-state index contributed by atoms with van der Waals surface area (Å²) in [4.78, 5) is 24.9. The SMILES string of the molecule is CNC(=O)c1nnc(Nc2cc(C(C)(C)O)ccn2)cc1Nc1cccc(-c2ncc(F)cn2)c1OC. The van der Waals surface area contributed by atoms with E-state index in [1.807, 2.05) is 0 Å². The quantitative estimate of drug-likeness (QED) is 0.281. The van der Waals surface area contributed by atoms with Gasteiger partial charge in [0.25, 0.3) is 5.91 Å². The highest BCUT2D eigenvalue weighted by Gasteiger charge is 2.20. The molecule has 12 heteroatoms. The Morgan fingerprint density at radius 3 is 2.43 bits per heavy atom. The van der Waals surface area contributed by atoms with Crippen molar-refractivity contribution in [3.63, 3.8) is 0 Å². The molecular formula is C25H25FN8O3. The van der Waals surface area contributed by atoms with E-state index >= 15 is 0 Å². The van der Waals surface area contributed by atoms with Crippen LogP contribution in [0.5, 0.6) is 5.75 Å². The number of benzene rings is 1. The molecule has 37 heavy (non-hydrogen) atoms. The normalized spacial score (nSPS) is 11.1. The van der Waals surface area contributed by atoms with Gasteiger partial charge in [0.2, 0.25) is 0 Å². The summed E-state index contributed by atoms with van der Waals surface area (Å²) in [6.07, 6.45) is 3.70. The van der Waals surface area contributed by atoms with E-state index in [2.05, 4.69) is 41.1 Å². The lowest BCUT2D eigenvalue weighted by Crippen LogP contribution is -2.21. The number of hydrogen-bond donors (Lipinski definition) is 4. The molecule has 0 unspecified atom stereocenters. The van der Waals surface area contributed by atoms with E-state index in [4.69, 9.17) is 4.74 Å². The molecule has 0 aliphatic carbocycles. The second-order valence-electron chi connectivity index (χ2n) is 8.42. The summed E-state index contributed by atoms with van der Waals surface area (Å²) in [7, 11) is 2.96. The van der Waals surface area contributed by atoms with Crippen molar-refractivity contribution in [2.24, 2.45) is 0 Å². The predicted molar refractivity (Wildman–Crippen MR) is 135 cm³/mol. The topological polar surface area (TPSA) is 147 Å². The Morgan fingerprint density at radius 1 is 1.00 bits per heavy atom. The minimum Gasteiger partial charge on any atom is -0.494 e. The largest absolute Gasteiger partial charge is 0.494 e. The van der Waals surface area contributed by atoms with Gasteiger partial charge in [-0.25, -0.2) is 19.3 Å². The molecule has 11 nitrogen and oxygen atoms in total. The first kappa shape index (κ1) is 25.4. The molecule has 4 N–H and O–H groups in total. The van der Waals surface area contributed by atoms with Crippen molar-refractivity contribution in [3.8, 4) is 17.1 Å². The zero-order valence-electron chi connectivity index (χ0n) is 20.6. The number of amides is 1. The van der Waals surface area contributed by atoms with Crippen LogP contribution in [-0.4, -0.2) is 50.3 Å². The molecule has 0 radical (unpaired) electrons. The van der Waals surface area contributed by atoms with Crippen LogP contribution >= 0.6 is 0 Å². The molecule has 0 aliphatic heterocycles. The number of ether oxygens (including phenoxy) is 1. The van der Waals surface area contributed by atoms with Crippen LogP contribution in [0.15, 0.2) is 55.0 Å². The van der Waals surface area contributed by atoms with Gasteiger partial charge in [0.1, 0.15) is 5.82 Å². The van der Waals surface area contributed by atoms with Crippen LogP contribution in [0.1, 0.15) is 29.9 Å². The number of carbonyl (C=O) groups excluding carboxylic acids is 1. The Balaban J connectivity index is 1.72. The van der Waals surface area contributed by atoms with Crippen molar-refractivity contribution in [2.45, 2.75) is 19.4 Å². The lowest BCUT2D eigenvalue weighted by molar-refractivity contribution is 0.0785. The van der Waals surface area contributed by atoms with Gasteiger partial charge in [0.15, 0.2) is 28.9 Å². The van der Waals surface area contributed by atoms with Crippen molar-refractivity contribution in [1.82, 2.24) is 30.5 Å². The fourth-order valence-electron chi connectivity index (χ4n) is 3.47. The molecule has 1 amide bonds. The fraction of sp³-hybridized carbons (Fsp3) is 0.200. The Hall–Kier alpha value is -4.71. The minimum atomic E-state index is -1.06. The number of para-hydroxylation sites is 1. The lowest BCUT2D eigenvalue weighted by atomic mass is 10.00. The Bertz CT molecular complexity index is 1420. The molecular weight excluding hydrogens is 479 g/mol. The summed E-state index contributed by atoms with van der Waals surface area (Å²) in [6, 6.07) is 10.2. The van der Waals surface area contributed by atoms with E-state index in [0.717, 1.165) is 12.4 Å². The van der Waals surface area contributed by atoms with Crippen molar-refractivity contribution in [2.75, 3.05) is 24.8 Å². The van der Waals surface area contributed by atoms with E-state index in [9.17, 15) is 14.3 Å². The van der Waals surface area contributed by atoms with Crippen molar-refractivity contribution in [1.29, 1.82) is 0 Å². The first-order valence-electron chi connectivity index (χ1n) is 11.2. The van der Waals surface area contributed by atoms with Gasteiger partial charge in [0, 0.05) is 19.3 Å². The fourth-order valence-corrected chi connectivity index (χ4v) is 3.47. The maximum absolute atomic E-state index is 13.3. The third-order valence-electron chi connectivity index (χ3n) is 5.31. The number of aromatic nitrogens is 5. The highest BCUT2D eigenvalue weighted by molar-refractivity contribution is 5.99. The van der Waals surface area contributed by atoms with Crippen LogP contribution in [0.25, 0.3) is 11.4 Å². The summed E-state index contributed by atoms with van der Waals surface area (Å²) in [5.41, 5.74) is 0.961. The Kier molecular flexibility index (Phi) is 7.20. The molecule has 1 aromatic carbocycles. The van der Waals surface area contributed by atoms with E-state index < -0.39 is 17.3 Å². The number of pyridine rings is 1. The molecule has 0 fully saturated rings. The molecule has 0 saturated heterocycles. The van der Waals surface area contributed by atoms with Gasteiger partial charge in [0.05, 0.1) is 42.0 Å². The molecule has 0 saturated carbocycles. The summed E-state index contributed by atoms with van der Waals surface area (Å²) >= 11 is 0. The van der Waals surface area contributed by atoms with Gasteiger partial charge >= 0.3 is 0 Å². The number of nitrogens with zero attached hydrogens (tertiary/aromatic N) is 5. The average Bonchev–Trinajstić information content (AvgIpc) is 2.88. The standard InChI is InChI=1S/C25H25FN8O3/c1-25(2,36)14-8-9-28-19(10-14)32-20-11-18(21(34-33-20)24(35)27-3)31-17-7-5-6-16(22(17)37-4)23-29-12-15(26)13-30-23/h5-13,36H,1-4H3,(H,27,35)(H2,28,31,32,33). The van der Waals surface area contributed by atoms with E-state index in [1.54, 1.807) is 56.4 Å². The third kappa shape index (κ3) is 5.76.